The summed E-state index contributed by atoms with van der Waals surface area (Å²) >= 11 is 0. The van der Waals surface area contributed by atoms with Crippen LogP contribution in [0, 0.1) is 5.82 Å². The van der Waals surface area contributed by atoms with Crippen molar-refractivity contribution < 1.29 is 13.9 Å². The Morgan fingerprint density at radius 2 is 1.93 bits per heavy atom. The van der Waals surface area contributed by atoms with Gasteiger partial charge in [-0.2, -0.15) is 0 Å². The van der Waals surface area contributed by atoms with Crippen molar-refractivity contribution in [3.63, 3.8) is 0 Å². The smallest absolute Gasteiger partial charge is 0.258 e. The van der Waals surface area contributed by atoms with Crippen LogP contribution < -0.4 is 15.4 Å². The Kier molecular flexibility index (Phi) is 9.35. The molecular formula is C22H28FIN4O2. The first-order valence-corrected chi connectivity index (χ1v) is 9.71. The molecule has 1 fully saturated rings. The van der Waals surface area contributed by atoms with Crippen molar-refractivity contribution in [1.29, 1.82) is 0 Å². The van der Waals surface area contributed by atoms with Crippen molar-refractivity contribution in [3.8, 4) is 5.75 Å². The molecule has 0 saturated heterocycles. The van der Waals surface area contributed by atoms with Crippen LogP contribution in [-0.2, 0) is 17.9 Å². The molecule has 0 unspecified atom stereocenters. The second kappa shape index (κ2) is 11.7. The van der Waals surface area contributed by atoms with Crippen molar-refractivity contribution in [2.75, 3.05) is 20.7 Å². The zero-order valence-corrected chi connectivity index (χ0v) is 19.6. The molecule has 0 aromatic heterocycles. The SMILES string of the molecule is CN=C(NCc1cccc(OCC(=O)NC2CC2)c1)N(C)Cc1ccc(F)cc1.I. The van der Waals surface area contributed by atoms with Gasteiger partial charge in [0.1, 0.15) is 11.6 Å². The molecule has 0 heterocycles. The van der Waals surface area contributed by atoms with Gasteiger partial charge in [0.2, 0.25) is 0 Å². The highest BCUT2D eigenvalue weighted by atomic mass is 127. The lowest BCUT2D eigenvalue weighted by Gasteiger charge is -2.22. The van der Waals surface area contributed by atoms with Gasteiger partial charge < -0.3 is 20.3 Å². The molecule has 0 aliphatic heterocycles. The first-order chi connectivity index (χ1) is 14.0. The van der Waals surface area contributed by atoms with Crippen molar-refractivity contribution in [3.05, 3.63) is 65.5 Å². The number of hydrogen-bond donors (Lipinski definition) is 2. The molecule has 0 radical (unpaired) electrons. The van der Waals surface area contributed by atoms with Crippen LogP contribution in [-0.4, -0.2) is 43.5 Å². The van der Waals surface area contributed by atoms with Gasteiger partial charge in [-0.1, -0.05) is 24.3 Å². The van der Waals surface area contributed by atoms with Gasteiger partial charge in [0.25, 0.3) is 5.91 Å². The molecule has 3 rings (SSSR count). The fourth-order valence-electron chi connectivity index (χ4n) is 2.90. The summed E-state index contributed by atoms with van der Waals surface area (Å²) in [5.74, 6) is 1.05. The van der Waals surface area contributed by atoms with Crippen LogP contribution in [0.15, 0.2) is 53.5 Å². The molecule has 6 nitrogen and oxygen atoms in total. The molecule has 162 valence electrons. The number of hydrogen-bond acceptors (Lipinski definition) is 3. The maximum absolute atomic E-state index is 13.1. The van der Waals surface area contributed by atoms with Crippen molar-refractivity contribution in [2.24, 2.45) is 4.99 Å². The molecule has 1 aliphatic carbocycles. The Hall–Kier alpha value is -2.36. The standard InChI is InChI=1S/C22H27FN4O2.HI/c1-24-22(27(2)14-16-6-8-18(23)9-7-16)25-13-17-4-3-5-20(12-17)29-15-21(28)26-19-10-11-19;/h3-9,12,19H,10-11,13-15H2,1-2H3,(H,24,25)(H,26,28);1H. The summed E-state index contributed by atoms with van der Waals surface area (Å²) in [5.41, 5.74) is 2.01. The zero-order chi connectivity index (χ0) is 20.6. The van der Waals surface area contributed by atoms with Crippen LogP contribution in [0.2, 0.25) is 0 Å². The number of nitrogens with one attached hydrogen (secondary N) is 2. The average molecular weight is 526 g/mol. The van der Waals surface area contributed by atoms with Gasteiger partial charge in [-0.25, -0.2) is 4.39 Å². The lowest BCUT2D eigenvalue weighted by Crippen LogP contribution is -2.38. The summed E-state index contributed by atoms with van der Waals surface area (Å²) in [4.78, 5) is 18.0. The van der Waals surface area contributed by atoms with E-state index in [0.29, 0.717) is 24.9 Å². The second-order valence-corrected chi connectivity index (χ2v) is 7.16. The molecule has 8 heteroatoms. The predicted molar refractivity (Wildman–Crippen MR) is 127 cm³/mol. The molecule has 1 amide bonds. The number of amides is 1. The number of halogens is 2. The lowest BCUT2D eigenvalue weighted by molar-refractivity contribution is -0.123. The molecule has 0 bridgehead atoms. The minimum absolute atomic E-state index is 0. The summed E-state index contributed by atoms with van der Waals surface area (Å²) in [7, 11) is 3.65. The van der Waals surface area contributed by atoms with Crippen molar-refractivity contribution >= 4 is 35.8 Å². The molecule has 2 aromatic carbocycles. The number of rotatable bonds is 8. The zero-order valence-electron chi connectivity index (χ0n) is 17.2. The lowest BCUT2D eigenvalue weighted by atomic mass is 10.2. The van der Waals surface area contributed by atoms with E-state index in [1.165, 1.54) is 12.1 Å². The van der Waals surface area contributed by atoms with E-state index in [-0.39, 0.29) is 42.3 Å². The fraction of sp³-hybridized carbons (Fsp3) is 0.364. The van der Waals surface area contributed by atoms with E-state index in [1.54, 1.807) is 19.2 Å². The monoisotopic (exact) mass is 526 g/mol. The third-order valence-electron chi connectivity index (χ3n) is 4.57. The summed E-state index contributed by atoms with van der Waals surface area (Å²) in [5, 5.41) is 6.21. The number of guanidine groups is 1. The third kappa shape index (κ3) is 7.81. The van der Waals surface area contributed by atoms with Gasteiger partial charge in [-0.3, -0.25) is 9.79 Å². The Morgan fingerprint density at radius 1 is 1.20 bits per heavy atom. The summed E-state index contributed by atoms with van der Waals surface area (Å²) in [6, 6.07) is 14.4. The normalized spacial score (nSPS) is 13.2. The highest BCUT2D eigenvalue weighted by Gasteiger charge is 2.23. The second-order valence-electron chi connectivity index (χ2n) is 7.16. The molecule has 1 aliphatic rings. The number of aliphatic imine (C=N–C) groups is 1. The summed E-state index contributed by atoms with van der Waals surface area (Å²) in [6.07, 6.45) is 2.12. The Bertz CT molecular complexity index is 856. The van der Waals surface area contributed by atoms with Crippen molar-refractivity contribution in [2.45, 2.75) is 32.0 Å². The van der Waals surface area contributed by atoms with Crippen LogP contribution in [0.3, 0.4) is 0 Å². The largest absolute Gasteiger partial charge is 0.484 e. The highest BCUT2D eigenvalue weighted by Crippen LogP contribution is 2.18. The molecule has 2 aromatic rings. The van der Waals surface area contributed by atoms with Gasteiger partial charge >= 0.3 is 0 Å². The maximum Gasteiger partial charge on any atom is 0.258 e. The minimum Gasteiger partial charge on any atom is -0.484 e. The van der Waals surface area contributed by atoms with Gasteiger partial charge in [-0.15, -0.1) is 24.0 Å². The van der Waals surface area contributed by atoms with Crippen LogP contribution >= 0.6 is 24.0 Å². The fourth-order valence-corrected chi connectivity index (χ4v) is 2.90. The van der Waals surface area contributed by atoms with Crippen LogP contribution in [0.1, 0.15) is 24.0 Å². The predicted octanol–water partition coefficient (Wildman–Crippen LogP) is 3.31. The van der Waals surface area contributed by atoms with E-state index >= 15 is 0 Å². The molecular weight excluding hydrogens is 498 g/mol. The van der Waals surface area contributed by atoms with Gasteiger partial charge in [0, 0.05) is 33.2 Å². The summed E-state index contributed by atoms with van der Waals surface area (Å²) in [6.45, 7) is 1.20. The van der Waals surface area contributed by atoms with E-state index in [0.717, 1.165) is 29.9 Å². The molecule has 30 heavy (non-hydrogen) atoms. The number of benzene rings is 2. The summed E-state index contributed by atoms with van der Waals surface area (Å²) < 4.78 is 18.7. The number of ether oxygens (including phenoxy) is 1. The van der Waals surface area contributed by atoms with Crippen LogP contribution in [0.5, 0.6) is 5.75 Å². The third-order valence-corrected chi connectivity index (χ3v) is 4.57. The number of carbonyl (C=O) groups excluding carboxylic acids is 1. The average Bonchev–Trinajstić information content (AvgIpc) is 3.53. The van der Waals surface area contributed by atoms with E-state index in [4.69, 9.17) is 4.74 Å². The first kappa shape index (κ1) is 23.9. The quantitative estimate of drug-likeness (QED) is 0.315. The molecule has 1 saturated carbocycles. The molecule has 0 spiro atoms. The van der Waals surface area contributed by atoms with Crippen LogP contribution in [0.25, 0.3) is 0 Å². The Morgan fingerprint density at radius 3 is 2.60 bits per heavy atom. The Balaban J connectivity index is 0.00000320. The van der Waals surface area contributed by atoms with E-state index < -0.39 is 0 Å². The van der Waals surface area contributed by atoms with Crippen LogP contribution in [0.4, 0.5) is 4.39 Å². The maximum atomic E-state index is 13.1. The topological polar surface area (TPSA) is 66.0 Å². The van der Waals surface area contributed by atoms with E-state index in [9.17, 15) is 9.18 Å². The van der Waals surface area contributed by atoms with E-state index in [2.05, 4.69) is 15.6 Å². The molecule has 2 N–H and O–H groups in total. The minimum atomic E-state index is -0.244. The van der Waals surface area contributed by atoms with E-state index in [1.807, 2.05) is 36.2 Å². The Labute approximate surface area is 193 Å². The highest BCUT2D eigenvalue weighted by molar-refractivity contribution is 14.0. The first-order valence-electron chi connectivity index (χ1n) is 9.71. The van der Waals surface area contributed by atoms with Gasteiger partial charge in [0.15, 0.2) is 12.6 Å². The number of nitrogens with zero attached hydrogens (tertiary/aromatic N) is 2. The molecule has 0 atom stereocenters. The van der Waals surface area contributed by atoms with Crippen molar-refractivity contribution in [1.82, 2.24) is 15.5 Å². The van der Waals surface area contributed by atoms with Gasteiger partial charge in [-0.05, 0) is 48.2 Å². The van der Waals surface area contributed by atoms with Gasteiger partial charge in [0.05, 0.1) is 0 Å². The number of carbonyl (C=O) groups is 1.